The van der Waals surface area contributed by atoms with Gasteiger partial charge in [-0.15, -0.1) is 0 Å². The zero-order valence-corrected chi connectivity index (χ0v) is 16.4. The Bertz CT molecular complexity index is 982. The van der Waals surface area contributed by atoms with Crippen LogP contribution in [0.5, 0.6) is 0 Å². The predicted octanol–water partition coefficient (Wildman–Crippen LogP) is 4.10. The fraction of sp³-hybridized carbons (Fsp3) is 0.350. The van der Waals surface area contributed by atoms with E-state index in [1.165, 1.54) is 0 Å². The molecule has 2 amide bonds. The van der Waals surface area contributed by atoms with Crippen molar-refractivity contribution in [2.75, 3.05) is 25.5 Å². The fourth-order valence-corrected chi connectivity index (χ4v) is 3.86. The Balaban J connectivity index is 1.47. The van der Waals surface area contributed by atoms with E-state index in [1.54, 1.807) is 25.4 Å². The Kier molecular flexibility index (Phi) is 5.45. The molecule has 3 aromatic rings. The van der Waals surface area contributed by atoms with Crippen molar-refractivity contribution in [1.29, 1.82) is 0 Å². The molecule has 0 radical (unpaired) electrons. The van der Waals surface area contributed by atoms with E-state index in [1.807, 2.05) is 29.2 Å². The van der Waals surface area contributed by atoms with Gasteiger partial charge in [0, 0.05) is 32.4 Å². The SMILES string of the molecule is COCc1nc2cccnc2n1C1CCN(C(=O)Nc2ccccc2Cl)CC1. The number of urea groups is 1. The number of hydrogen-bond acceptors (Lipinski definition) is 4. The fourth-order valence-electron chi connectivity index (χ4n) is 3.68. The van der Waals surface area contributed by atoms with Gasteiger partial charge < -0.3 is 19.5 Å². The van der Waals surface area contributed by atoms with Crippen molar-refractivity contribution in [3.63, 3.8) is 0 Å². The molecule has 146 valence electrons. The number of benzene rings is 1. The van der Waals surface area contributed by atoms with Gasteiger partial charge in [0.1, 0.15) is 17.9 Å². The van der Waals surface area contributed by atoms with Gasteiger partial charge in [-0.1, -0.05) is 23.7 Å². The van der Waals surface area contributed by atoms with E-state index in [-0.39, 0.29) is 12.1 Å². The third kappa shape index (κ3) is 3.68. The molecule has 28 heavy (non-hydrogen) atoms. The number of nitrogens with zero attached hydrogens (tertiary/aromatic N) is 4. The first-order valence-electron chi connectivity index (χ1n) is 9.28. The van der Waals surface area contributed by atoms with Crippen LogP contribution in [-0.2, 0) is 11.3 Å². The topological polar surface area (TPSA) is 72.3 Å². The minimum absolute atomic E-state index is 0.128. The standard InChI is InChI=1S/C20H22ClN5O2/c1-28-13-18-23-17-7-4-10-22-19(17)26(18)14-8-11-25(12-9-14)20(27)24-16-6-3-2-5-15(16)21/h2-7,10,14H,8-9,11-13H2,1H3,(H,24,27). The van der Waals surface area contributed by atoms with E-state index in [0.29, 0.717) is 30.4 Å². The number of ether oxygens (including phenoxy) is 1. The van der Waals surface area contributed by atoms with Gasteiger partial charge in [0.15, 0.2) is 5.65 Å². The summed E-state index contributed by atoms with van der Waals surface area (Å²) in [5.74, 6) is 0.871. The molecule has 1 aromatic carbocycles. The molecule has 1 saturated heterocycles. The maximum absolute atomic E-state index is 12.6. The van der Waals surface area contributed by atoms with E-state index in [2.05, 4.69) is 19.9 Å². The first-order valence-corrected chi connectivity index (χ1v) is 9.66. The van der Waals surface area contributed by atoms with Gasteiger partial charge in [0.25, 0.3) is 0 Å². The molecular weight excluding hydrogens is 378 g/mol. The van der Waals surface area contributed by atoms with Gasteiger partial charge in [-0.25, -0.2) is 14.8 Å². The molecule has 7 nitrogen and oxygen atoms in total. The molecule has 8 heteroatoms. The highest BCUT2D eigenvalue weighted by Gasteiger charge is 2.27. The summed E-state index contributed by atoms with van der Waals surface area (Å²) in [4.78, 5) is 23.6. The highest BCUT2D eigenvalue weighted by molar-refractivity contribution is 6.33. The van der Waals surface area contributed by atoms with Crippen LogP contribution in [0.1, 0.15) is 24.7 Å². The summed E-state index contributed by atoms with van der Waals surface area (Å²) in [6.45, 7) is 1.74. The number of para-hydroxylation sites is 1. The van der Waals surface area contributed by atoms with Crippen LogP contribution >= 0.6 is 11.6 Å². The number of nitrogens with one attached hydrogen (secondary N) is 1. The molecule has 4 rings (SSSR count). The molecule has 0 atom stereocenters. The second-order valence-electron chi connectivity index (χ2n) is 6.81. The minimum atomic E-state index is -0.128. The summed E-state index contributed by atoms with van der Waals surface area (Å²) >= 11 is 6.14. The van der Waals surface area contributed by atoms with E-state index in [4.69, 9.17) is 16.3 Å². The molecule has 2 aromatic heterocycles. The van der Waals surface area contributed by atoms with Crippen LogP contribution in [0, 0.1) is 0 Å². The second-order valence-corrected chi connectivity index (χ2v) is 7.21. The lowest BCUT2D eigenvalue weighted by atomic mass is 10.0. The number of carbonyl (C=O) groups is 1. The van der Waals surface area contributed by atoms with E-state index >= 15 is 0 Å². The van der Waals surface area contributed by atoms with Crippen LogP contribution in [0.3, 0.4) is 0 Å². The Morgan fingerprint density at radius 3 is 2.79 bits per heavy atom. The van der Waals surface area contributed by atoms with Crippen molar-refractivity contribution in [3.05, 3.63) is 53.4 Å². The third-order valence-electron chi connectivity index (χ3n) is 5.03. The number of hydrogen-bond donors (Lipinski definition) is 1. The van der Waals surface area contributed by atoms with Crippen molar-refractivity contribution in [1.82, 2.24) is 19.4 Å². The normalized spacial score (nSPS) is 15.1. The van der Waals surface area contributed by atoms with Gasteiger partial charge in [-0.3, -0.25) is 0 Å². The maximum Gasteiger partial charge on any atom is 0.321 e. The first-order chi connectivity index (χ1) is 13.7. The van der Waals surface area contributed by atoms with Crippen LogP contribution in [0.2, 0.25) is 5.02 Å². The lowest BCUT2D eigenvalue weighted by Crippen LogP contribution is -2.41. The highest BCUT2D eigenvalue weighted by atomic mass is 35.5. The van der Waals surface area contributed by atoms with Gasteiger partial charge in [0.05, 0.1) is 10.7 Å². The zero-order chi connectivity index (χ0) is 19.5. The summed E-state index contributed by atoms with van der Waals surface area (Å²) in [6, 6.07) is 11.2. The van der Waals surface area contributed by atoms with Crippen LogP contribution < -0.4 is 5.32 Å². The van der Waals surface area contributed by atoms with E-state index in [9.17, 15) is 4.79 Å². The Hall–Kier alpha value is -2.64. The molecule has 0 unspecified atom stereocenters. The van der Waals surface area contributed by atoms with Crippen molar-refractivity contribution in [3.8, 4) is 0 Å². The molecule has 1 fully saturated rings. The summed E-state index contributed by atoms with van der Waals surface area (Å²) in [5.41, 5.74) is 2.37. The summed E-state index contributed by atoms with van der Waals surface area (Å²) in [6.07, 6.45) is 3.44. The lowest BCUT2D eigenvalue weighted by Gasteiger charge is -2.33. The number of halogens is 1. The second kappa shape index (κ2) is 8.16. The monoisotopic (exact) mass is 399 g/mol. The quantitative estimate of drug-likeness (QED) is 0.716. The summed E-state index contributed by atoms with van der Waals surface area (Å²) in [5, 5.41) is 3.43. The molecule has 0 bridgehead atoms. The van der Waals surface area contributed by atoms with Crippen LogP contribution in [0.4, 0.5) is 10.5 Å². The van der Waals surface area contributed by atoms with Gasteiger partial charge in [-0.05, 0) is 37.1 Å². The molecule has 3 heterocycles. The first kappa shape index (κ1) is 18.7. The van der Waals surface area contributed by atoms with Crippen molar-refractivity contribution in [2.45, 2.75) is 25.5 Å². The molecule has 1 N–H and O–H groups in total. The summed E-state index contributed by atoms with van der Waals surface area (Å²) < 4.78 is 7.50. The molecule has 0 aliphatic carbocycles. The van der Waals surface area contributed by atoms with Gasteiger partial charge in [-0.2, -0.15) is 0 Å². The average molecular weight is 400 g/mol. The number of rotatable bonds is 4. The molecule has 1 aliphatic heterocycles. The molecule has 1 aliphatic rings. The predicted molar refractivity (Wildman–Crippen MR) is 109 cm³/mol. The Morgan fingerprint density at radius 2 is 2.04 bits per heavy atom. The van der Waals surface area contributed by atoms with Gasteiger partial charge >= 0.3 is 6.03 Å². The maximum atomic E-state index is 12.6. The summed E-state index contributed by atoms with van der Waals surface area (Å²) in [7, 11) is 1.67. The van der Waals surface area contributed by atoms with E-state index in [0.717, 1.165) is 29.8 Å². The Labute approximate surface area is 168 Å². The molecular formula is C20H22ClN5O2. The lowest BCUT2D eigenvalue weighted by molar-refractivity contribution is 0.162. The number of anilines is 1. The number of piperidine rings is 1. The van der Waals surface area contributed by atoms with Crippen molar-refractivity contribution in [2.24, 2.45) is 0 Å². The van der Waals surface area contributed by atoms with E-state index < -0.39 is 0 Å². The number of carbonyl (C=O) groups excluding carboxylic acids is 1. The molecule has 0 spiro atoms. The zero-order valence-electron chi connectivity index (χ0n) is 15.6. The van der Waals surface area contributed by atoms with Crippen LogP contribution in [-0.4, -0.2) is 45.7 Å². The number of aromatic nitrogens is 3. The average Bonchev–Trinajstić information content (AvgIpc) is 3.08. The number of likely N-dealkylation sites (tertiary alicyclic amines) is 1. The third-order valence-corrected chi connectivity index (χ3v) is 5.36. The van der Waals surface area contributed by atoms with Crippen LogP contribution in [0.15, 0.2) is 42.6 Å². The molecule has 0 saturated carbocycles. The number of imidazole rings is 1. The number of amides is 2. The van der Waals surface area contributed by atoms with Crippen LogP contribution in [0.25, 0.3) is 11.2 Å². The number of pyridine rings is 1. The number of fused-ring (bicyclic) bond motifs is 1. The smallest absolute Gasteiger partial charge is 0.321 e. The van der Waals surface area contributed by atoms with Gasteiger partial charge in [0.2, 0.25) is 0 Å². The van der Waals surface area contributed by atoms with Crippen molar-refractivity contribution < 1.29 is 9.53 Å². The van der Waals surface area contributed by atoms with Crippen molar-refractivity contribution >= 4 is 34.5 Å². The minimum Gasteiger partial charge on any atom is -0.377 e. The highest BCUT2D eigenvalue weighted by Crippen LogP contribution is 2.29. The largest absolute Gasteiger partial charge is 0.377 e. The Morgan fingerprint density at radius 1 is 1.25 bits per heavy atom. The number of methoxy groups -OCH3 is 1.